The van der Waals surface area contributed by atoms with Crippen molar-refractivity contribution in [1.82, 2.24) is 19.2 Å². The molecule has 6 heteroatoms. The Hall–Kier alpha value is -3.17. The summed E-state index contributed by atoms with van der Waals surface area (Å²) in [6.45, 7) is 2.60. The van der Waals surface area contributed by atoms with Crippen LogP contribution < -0.4 is 5.32 Å². The van der Waals surface area contributed by atoms with Gasteiger partial charge in [-0.25, -0.2) is 0 Å². The maximum atomic E-state index is 8.86. The quantitative estimate of drug-likeness (QED) is 0.520. The van der Waals surface area contributed by atoms with Gasteiger partial charge < -0.3 is 9.88 Å². The van der Waals surface area contributed by atoms with Crippen LogP contribution in [0.2, 0.25) is 0 Å². The average Bonchev–Trinajstić information content (AvgIpc) is 3.25. The van der Waals surface area contributed by atoms with E-state index >= 15 is 0 Å². The molecule has 0 saturated carbocycles. The second-order valence-electron chi connectivity index (χ2n) is 6.35. The predicted molar refractivity (Wildman–Crippen MR) is 99.4 cm³/mol. The molecular formula is C20H21N6+. The Balaban J connectivity index is 1.42. The minimum Gasteiger partial charge on any atom is -0.346 e. The molecule has 4 aromatic rings. The van der Waals surface area contributed by atoms with Crippen LogP contribution in [0.25, 0.3) is 16.6 Å². The van der Waals surface area contributed by atoms with E-state index in [1.54, 1.807) is 0 Å². The van der Waals surface area contributed by atoms with Crippen LogP contribution in [0.3, 0.4) is 0 Å². The maximum absolute atomic E-state index is 8.86. The lowest BCUT2D eigenvalue weighted by Crippen LogP contribution is -2.83. The van der Waals surface area contributed by atoms with E-state index in [4.69, 9.17) is 5.26 Å². The molecule has 130 valence electrons. The first-order valence-corrected chi connectivity index (χ1v) is 8.91. The third kappa shape index (κ3) is 3.17. The van der Waals surface area contributed by atoms with Crippen molar-refractivity contribution >= 4 is 16.6 Å². The first-order valence-electron chi connectivity index (χ1n) is 8.91. The molecule has 0 saturated heterocycles. The normalized spacial score (nSPS) is 11.2. The molecule has 0 bridgehead atoms. The van der Waals surface area contributed by atoms with E-state index in [2.05, 4.69) is 56.6 Å². The van der Waals surface area contributed by atoms with Gasteiger partial charge in [-0.1, -0.05) is 24.3 Å². The zero-order valence-electron chi connectivity index (χ0n) is 14.5. The molecule has 0 atom stereocenters. The molecule has 0 aliphatic carbocycles. The molecule has 0 fully saturated rings. The Labute approximate surface area is 151 Å². The number of nitrogens with two attached hydrogens (primary N) is 1. The van der Waals surface area contributed by atoms with Crippen molar-refractivity contribution in [2.24, 2.45) is 0 Å². The van der Waals surface area contributed by atoms with E-state index in [1.807, 2.05) is 28.8 Å². The summed E-state index contributed by atoms with van der Waals surface area (Å²) in [5.74, 6) is 0.994. The molecule has 0 amide bonds. The highest BCUT2D eigenvalue weighted by Crippen LogP contribution is 2.20. The Morgan fingerprint density at radius 2 is 1.96 bits per heavy atom. The number of nitriles is 1. The third-order valence-electron chi connectivity index (χ3n) is 4.66. The molecule has 3 aromatic heterocycles. The van der Waals surface area contributed by atoms with Crippen LogP contribution in [0, 0.1) is 11.3 Å². The molecular weight excluding hydrogens is 324 g/mol. The van der Waals surface area contributed by atoms with Crippen LogP contribution in [0.4, 0.5) is 0 Å². The second kappa shape index (κ2) is 7.38. The Kier molecular flexibility index (Phi) is 4.63. The molecule has 0 aliphatic heterocycles. The Morgan fingerprint density at radius 3 is 2.88 bits per heavy atom. The lowest BCUT2D eigenvalue weighted by Gasteiger charge is -2.01. The smallest absolute Gasteiger partial charge is 0.160 e. The van der Waals surface area contributed by atoms with Crippen LogP contribution in [0.5, 0.6) is 0 Å². The third-order valence-corrected chi connectivity index (χ3v) is 4.66. The van der Waals surface area contributed by atoms with Crippen LogP contribution in [0.15, 0.2) is 54.9 Å². The number of quaternary nitrogens is 1. The Morgan fingerprint density at radius 1 is 1.08 bits per heavy atom. The van der Waals surface area contributed by atoms with Gasteiger partial charge in [0, 0.05) is 35.4 Å². The number of hydrogen-bond acceptors (Lipinski definition) is 3. The summed E-state index contributed by atoms with van der Waals surface area (Å²) in [7, 11) is 0. The zero-order valence-corrected chi connectivity index (χ0v) is 14.5. The molecule has 26 heavy (non-hydrogen) atoms. The molecule has 4 rings (SSSR count). The molecule has 0 unspecified atom stereocenters. The zero-order chi connectivity index (χ0) is 17.8. The van der Waals surface area contributed by atoms with Gasteiger partial charge in [0.15, 0.2) is 5.65 Å². The standard InChI is InChI=1S/C20H20N6/c21-10-5-12-25-15-16(17-6-1-2-7-18(17)25)14-22-11-9-20-24-23-19-8-3-4-13-26(19)20/h1-4,6-8,13,15,22H,5,9,11-12,14H2/p+1. The lowest BCUT2D eigenvalue weighted by atomic mass is 10.2. The summed E-state index contributed by atoms with van der Waals surface area (Å²) in [4.78, 5) is 0. The number of fused-ring (bicyclic) bond motifs is 2. The van der Waals surface area contributed by atoms with E-state index < -0.39 is 0 Å². The number of nitrogens with zero attached hydrogens (tertiary/aromatic N) is 5. The fraction of sp³-hybridized carbons (Fsp3) is 0.250. The van der Waals surface area contributed by atoms with Crippen LogP contribution >= 0.6 is 0 Å². The predicted octanol–water partition coefficient (Wildman–Crippen LogP) is 1.90. The number of para-hydroxylation sites is 1. The van der Waals surface area contributed by atoms with Gasteiger partial charge in [-0.05, 0) is 18.2 Å². The maximum Gasteiger partial charge on any atom is 0.160 e. The van der Waals surface area contributed by atoms with Gasteiger partial charge in [0.1, 0.15) is 12.4 Å². The van der Waals surface area contributed by atoms with Crippen molar-refractivity contribution in [3.8, 4) is 6.07 Å². The molecule has 0 spiro atoms. The molecule has 6 nitrogen and oxygen atoms in total. The molecule has 3 heterocycles. The molecule has 0 radical (unpaired) electrons. The fourth-order valence-electron chi connectivity index (χ4n) is 3.39. The van der Waals surface area contributed by atoms with Gasteiger partial charge >= 0.3 is 0 Å². The number of pyridine rings is 1. The largest absolute Gasteiger partial charge is 0.346 e. The van der Waals surface area contributed by atoms with Gasteiger partial charge in [0.2, 0.25) is 0 Å². The minimum absolute atomic E-state index is 0.530. The summed E-state index contributed by atoms with van der Waals surface area (Å²) in [5.41, 5.74) is 3.40. The number of aromatic nitrogens is 4. The fourth-order valence-corrected chi connectivity index (χ4v) is 3.39. The number of rotatable bonds is 7. The SMILES string of the molecule is N#CCCn1cc(C[NH2+]CCc2nnc3ccccn23)c2ccccc21. The lowest BCUT2D eigenvalue weighted by molar-refractivity contribution is -0.670. The van der Waals surface area contributed by atoms with Gasteiger partial charge in [0.05, 0.1) is 25.5 Å². The first kappa shape index (κ1) is 16.3. The highest BCUT2D eigenvalue weighted by atomic mass is 15.2. The van der Waals surface area contributed by atoms with Gasteiger partial charge in [0.25, 0.3) is 0 Å². The second-order valence-corrected chi connectivity index (χ2v) is 6.35. The van der Waals surface area contributed by atoms with E-state index in [0.717, 1.165) is 37.5 Å². The van der Waals surface area contributed by atoms with E-state index in [-0.39, 0.29) is 0 Å². The number of benzene rings is 1. The van der Waals surface area contributed by atoms with Crippen molar-refractivity contribution in [3.63, 3.8) is 0 Å². The molecule has 2 N–H and O–H groups in total. The number of aryl methyl sites for hydroxylation is 1. The van der Waals surface area contributed by atoms with E-state index in [1.165, 1.54) is 16.5 Å². The van der Waals surface area contributed by atoms with E-state index in [0.29, 0.717) is 6.42 Å². The summed E-state index contributed by atoms with van der Waals surface area (Å²) in [5, 5.41) is 20.9. The van der Waals surface area contributed by atoms with Crippen molar-refractivity contribution in [3.05, 3.63) is 66.2 Å². The van der Waals surface area contributed by atoms with Crippen LogP contribution in [0.1, 0.15) is 17.8 Å². The summed E-state index contributed by atoms with van der Waals surface area (Å²) < 4.78 is 4.23. The average molecular weight is 345 g/mol. The topological polar surface area (TPSA) is 75.5 Å². The van der Waals surface area contributed by atoms with Gasteiger partial charge in [-0.15, -0.1) is 10.2 Å². The summed E-state index contributed by atoms with van der Waals surface area (Å²) in [6.07, 6.45) is 5.60. The monoisotopic (exact) mass is 345 g/mol. The summed E-state index contributed by atoms with van der Waals surface area (Å²) in [6, 6.07) is 16.6. The molecule has 0 aliphatic rings. The van der Waals surface area contributed by atoms with Crippen LogP contribution in [-0.2, 0) is 19.5 Å². The van der Waals surface area contributed by atoms with Crippen molar-refractivity contribution in [2.45, 2.75) is 25.9 Å². The summed E-state index contributed by atoms with van der Waals surface area (Å²) >= 11 is 0. The number of hydrogen-bond donors (Lipinski definition) is 1. The highest BCUT2D eigenvalue weighted by molar-refractivity contribution is 5.83. The van der Waals surface area contributed by atoms with Crippen molar-refractivity contribution in [1.29, 1.82) is 5.26 Å². The molecule has 1 aromatic carbocycles. The van der Waals surface area contributed by atoms with Crippen LogP contribution in [-0.4, -0.2) is 25.7 Å². The Bertz CT molecular complexity index is 1070. The van der Waals surface area contributed by atoms with Crippen molar-refractivity contribution in [2.75, 3.05) is 6.54 Å². The van der Waals surface area contributed by atoms with Gasteiger partial charge in [-0.2, -0.15) is 5.26 Å². The van der Waals surface area contributed by atoms with E-state index in [9.17, 15) is 0 Å². The minimum atomic E-state index is 0.530. The first-order chi connectivity index (χ1) is 12.9. The van der Waals surface area contributed by atoms with Crippen molar-refractivity contribution < 1.29 is 5.32 Å². The van der Waals surface area contributed by atoms with Gasteiger partial charge in [-0.3, -0.25) is 4.40 Å². The highest BCUT2D eigenvalue weighted by Gasteiger charge is 2.10.